The molecule has 3 fully saturated rings. The lowest BCUT2D eigenvalue weighted by molar-refractivity contribution is -0.981. The fourth-order valence-corrected chi connectivity index (χ4v) is 6.62. The van der Waals surface area contributed by atoms with E-state index in [9.17, 15) is 9.90 Å². The summed E-state index contributed by atoms with van der Waals surface area (Å²) in [6, 6.07) is 8.76. The number of esters is 1. The number of hydrogen-bond acceptors (Lipinski definition) is 3. The van der Waals surface area contributed by atoms with E-state index >= 15 is 0 Å². The molecule has 5 heterocycles. The second-order valence-electron chi connectivity index (χ2n) is 8.65. The van der Waals surface area contributed by atoms with Crippen LogP contribution in [0.2, 0.25) is 0 Å². The number of aliphatic hydroxyl groups excluding tert-OH is 1. The number of likely N-dealkylation sites (N-methyl/N-ethyl adjacent to an activating group) is 1. The maximum absolute atomic E-state index is 13.1. The summed E-state index contributed by atoms with van der Waals surface area (Å²) in [5.41, 5.74) is 4.23. The minimum Gasteiger partial charge on any atom is -0.468 e. The van der Waals surface area contributed by atoms with Crippen LogP contribution in [0.25, 0.3) is 10.9 Å². The third-order valence-electron chi connectivity index (χ3n) is 7.85. The van der Waals surface area contributed by atoms with E-state index in [1.54, 1.807) is 0 Å². The van der Waals surface area contributed by atoms with Crippen molar-refractivity contribution in [2.75, 3.05) is 27.3 Å². The Bertz CT molecular complexity index is 977. The monoisotopic (exact) mass is 367 g/mol. The topological polar surface area (TPSA) is 62.3 Å². The largest absolute Gasteiger partial charge is 0.468 e. The third-order valence-corrected chi connectivity index (χ3v) is 7.85. The van der Waals surface area contributed by atoms with Gasteiger partial charge in [0.25, 0.3) is 0 Å². The van der Waals surface area contributed by atoms with Crippen LogP contribution in [0.3, 0.4) is 0 Å². The minimum atomic E-state index is -0.865. The van der Waals surface area contributed by atoms with E-state index < -0.39 is 5.41 Å². The van der Waals surface area contributed by atoms with Crippen LogP contribution in [-0.2, 0) is 16.0 Å². The van der Waals surface area contributed by atoms with Gasteiger partial charge in [0.05, 0.1) is 26.5 Å². The number of aromatic amines is 1. The van der Waals surface area contributed by atoms with E-state index in [4.69, 9.17) is 4.74 Å². The molecule has 4 bridgehead atoms. The van der Waals surface area contributed by atoms with E-state index in [0.717, 1.165) is 29.4 Å². The van der Waals surface area contributed by atoms with Crippen molar-refractivity contribution in [3.05, 3.63) is 47.2 Å². The SMILES string of the molecule is C/C=C1/C[N@@+]2(C)[C@H]3C[C@@H]1[C@](CO)(C(=O)OC)[C@@H]2Cc1c3[nH]c2ccccc12. The lowest BCUT2D eigenvalue weighted by Gasteiger charge is -2.66. The molecule has 27 heavy (non-hydrogen) atoms. The Labute approximate surface area is 159 Å². The average Bonchev–Trinajstić information content (AvgIpc) is 3.05. The molecular weight excluding hydrogens is 340 g/mol. The molecule has 1 aromatic heterocycles. The third kappa shape index (κ3) is 1.84. The Morgan fingerprint density at radius 3 is 2.93 bits per heavy atom. The standard InChI is InChI=1S/C22H27N2O3/c1-4-13-11-24(2)18-10-16(13)22(12-25,21(26)27-3)19(24)9-15-14-7-5-6-8-17(14)23-20(15)18/h4-8,16,18-19,23,25H,9-12H2,1-3H3/q+1/b13-4-/t16-,18-,19-,22-,24-/m0/s1. The Balaban J connectivity index is 1.78. The molecule has 0 saturated carbocycles. The van der Waals surface area contributed by atoms with E-state index in [0.29, 0.717) is 6.04 Å². The van der Waals surface area contributed by atoms with E-state index in [-0.39, 0.29) is 24.5 Å². The van der Waals surface area contributed by atoms with Gasteiger partial charge in [0.2, 0.25) is 0 Å². The second-order valence-corrected chi connectivity index (χ2v) is 8.65. The number of hydrogen-bond donors (Lipinski definition) is 2. The number of piperidine rings is 3. The van der Waals surface area contributed by atoms with Crippen molar-refractivity contribution in [3.8, 4) is 0 Å². The van der Waals surface area contributed by atoms with Gasteiger partial charge in [-0.15, -0.1) is 0 Å². The molecule has 5 nitrogen and oxygen atoms in total. The number of methoxy groups -OCH3 is 1. The zero-order valence-corrected chi connectivity index (χ0v) is 16.2. The molecule has 2 aromatic rings. The molecule has 142 valence electrons. The van der Waals surface area contributed by atoms with Gasteiger partial charge < -0.3 is 19.3 Å². The van der Waals surface area contributed by atoms with Crippen LogP contribution < -0.4 is 0 Å². The van der Waals surface area contributed by atoms with Gasteiger partial charge in [-0.3, -0.25) is 4.79 Å². The van der Waals surface area contributed by atoms with Crippen LogP contribution in [-0.4, -0.2) is 53.9 Å². The predicted molar refractivity (Wildman–Crippen MR) is 103 cm³/mol. The molecule has 5 heteroatoms. The van der Waals surface area contributed by atoms with Gasteiger partial charge in [-0.1, -0.05) is 24.3 Å². The summed E-state index contributed by atoms with van der Waals surface area (Å²) in [6.45, 7) is 2.82. The van der Waals surface area contributed by atoms with Gasteiger partial charge in [-0.2, -0.15) is 0 Å². The smallest absolute Gasteiger partial charge is 0.320 e. The van der Waals surface area contributed by atoms with Gasteiger partial charge in [-0.25, -0.2) is 0 Å². The maximum atomic E-state index is 13.1. The summed E-state index contributed by atoms with van der Waals surface area (Å²) >= 11 is 0. The quantitative estimate of drug-likeness (QED) is 0.487. The van der Waals surface area contributed by atoms with Crippen molar-refractivity contribution in [3.63, 3.8) is 0 Å². The van der Waals surface area contributed by atoms with Crippen molar-refractivity contribution in [1.29, 1.82) is 0 Å². The number of carbonyl (C=O) groups is 1. The molecule has 0 unspecified atom stereocenters. The summed E-state index contributed by atoms with van der Waals surface area (Å²) < 4.78 is 6.05. The summed E-state index contributed by atoms with van der Waals surface area (Å²) in [5.74, 6) is -0.223. The number of aliphatic hydroxyl groups is 1. The molecule has 4 aliphatic heterocycles. The van der Waals surface area contributed by atoms with Crippen molar-refractivity contribution in [2.45, 2.75) is 31.8 Å². The Hall–Kier alpha value is -2.11. The second kappa shape index (κ2) is 5.46. The number of quaternary nitrogens is 1. The lowest BCUT2D eigenvalue weighted by atomic mass is 9.54. The number of rotatable bonds is 2. The molecule has 0 spiro atoms. The molecular formula is C22H27N2O3+. The van der Waals surface area contributed by atoms with Crippen LogP contribution >= 0.6 is 0 Å². The molecule has 1 aromatic carbocycles. The number of para-hydroxylation sites is 1. The zero-order valence-electron chi connectivity index (χ0n) is 16.2. The van der Waals surface area contributed by atoms with Crippen LogP contribution in [0.1, 0.15) is 30.6 Å². The Morgan fingerprint density at radius 1 is 1.44 bits per heavy atom. The first-order valence-electron chi connectivity index (χ1n) is 9.80. The zero-order chi connectivity index (χ0) is 19.0. The van der Waals surface area contributed by atoms with Crippen LogP contribution in [0.4, 0.5) is 0 Å². The van der Waals surface area contributed by atoms with Gasteiger partial charge in [0.1, 0.15) is 24.0 Å². The highest BCUT2D eigenvalue weighted by atomic mass is 16.5. The Morgan fingerprint density at radius 2 is 2.22 bits per heavy atom. The van der Waals surface area contributed by atoms with Crippen LogP contribution in [0.15, 0.2) is 35.9 Å². The molecule has 2 N–H and O–H groups in total. The van der Waals surface area contributed by atoms with Crippen molar-refractivity contribution < 1.29 is 19.1 Å². The van der Waals surface area contributed by atoms with Crippen LogP contribution in [0, 0.1) is 11.3 Å². The first kappa shape index (κ1) is 17.0. The summed E-state index contributed by atoms with van der Waals surface area (Å²) in [7, 11) is 3.71. The molecule has 4 aliphatic rings. The normalized spacial score (nSPS) is 38.2. The molecule has 0 amide bonds. The number of nitrogens with one attached hydrogen (secondary N) is 1. The summed E-state index contributed by atoms with van der Waals surface area (Å²) in [5, 5.41) is 11.8. The molecule has 0 aliphatic carbocycles. The van der Waals surface area contributed by atoms with Gasteiger partial charge in [-0.05, 0) is 24.1 Å². The molecule has 3 saturated heterocycles. The number of H-pyrrole nitrogens is 1. The van der Waals surface area contributed by atoms with E-state index in [2.05, 4.69) is 42.4 Å². The van der Waals surface area contributed by atoms with Crippen molar-refractivity contribution in [1.82, 2.24) is 4.98 Å². The summed E-state index contributed by atoms with van der Waals surface area (Å²) in [4.78, 5) is 16.8. The maximum Gasteiger partial charge on any atom is 0.320 e. The number of carbonyl (C=O) groups excluding carboxylic acids is 1. The highest BCUT2D eigenvalue weighted by Crippen LogP contribution is 2.62. The van der Waals surface area contributed by atoms with Gasteiger partial charge in [0, 0.05) is 29.7 Å². The van der Waals surface area contributed by atoms with Crippen molar-refractivity contribution >= 4 is 16.9 Å². The van der Waals surface area contributed by atoms with E-state index in [1.165, 1.54) is 29.3 Å². The number of allylic oxidation sites excluding steroid dienone is 1. The highest BCUT2D eigenvalue weighted by Gasteiger charge is 2.71. The fraction of sp³-hybridized carbons (Fsp3) is 0.500. The molecule has 0 radical (unpaired) electrons. The number of ether oxygens (including phenoxy) is 1. The fourth-order valence-electron chi connectivity index (χ4n) is 6.62. The lowest BCUT2D eigenvalue weighted by Crippen LogP contribution is -2.76. The first-order valence-corrected chi connectivity index (χ1v) is 9.80. The van der Waals surface area contributed by atoms with Crippen LogP contribution in [0.5, 0.6) is 0 Å². The number of benzene rings is 1. The predicted octanol–water partition coefficient (Wildman–Crippen LogP) is 2.71. The number of fused-ring (bicyclic) bond motifs is 4. The van der Waals surface area contributed by atoms with Gasteiger partial charge >= 0.3 is 5.97 Å². The minimum absolute atomic E-state index is 0.0223. The molecule has 6 rings (SSSR count). The van der Waals surface area contributed by atoms with Crippen molar-refractivity contribution in [2.24, 2.45) is 11.3 Å². The molecule has 5 atom stereocenters. The van der Waals surface area contributed by atoms with Gasteiger partial charge in [0.15, 0.2) is 0 Å². The first-order chi connectivity index (χ1) is 13.0. The highest BCUT2D eigenvalue weighted by molar-refractivity contribution is 5.86. The number of nitrogens with zero attached hydrogens (tertiary/aromatic N) is 1. The summed E-state index contributed by atoms with van der Waals surface area (Å²) in [6.07, 6.45) is 3.80. The number of aromatic nitrogens is 1. The average molecular weight is 367 g/mol. The Kier molecular flexibility index (Phi) is 3.44. The van der Waals surface area contributed by atoms with E-state index in [1.807, 2.05) is 6.92 Å².